The van der Waals surface area contributed by atoms with Crippen LogP contribution in [-0.2, 0) is 4.79 Å². The van der Waals surface area contributed by atoms with Crippen molar-refractivity contribution in [1.82, 2.24) is 9.97 Å². The zero-order valence-electron chi connectivity index (χ0n) is 13.4. The predicted octanol–water partition coefficient (Wildman–Crippen LogP) is 3.58. The Morgan fingerprint density at radius 3 is 2.96 bits per heavy atom. The van der Waals surface area contributed by atoms with Crippen LogP contribution in [-0.4, -0.2) is 34.3 Å². The summed E-state index contributed by atoms with van der Waals surface area (Å²) in [6.45, 7) is 2.92. The molecule has 3 heterocycles. The quantitative estimate of drug-likeness (QED) is 0.557. The first-order chi connectivity index (χ1) is 12.2. The molecule has 1 atom stereocenters. The monoisotopic (exact) mass is 373 g/mol. The number of carbonyl (C=O) groups is 1. The van der Waals surface area contributed by atoms with Crippen LogP contribution in [0.4, 0.5) is 5.69 Å². The summed E-state index contributed by atoms with van der Waals surface area (Å²) in [4.78, 5) is 22.0. The zero-order valence-corrected chi connectivity index (χ0v) is 15.0. The van der Waals surface area contributed by atoms with Crippen molar-refractivity contribution >= 4 is 44.9 Å². The van der Waals surface area contributed by atoms with Crippen LogP contribution in [0.1, 0.15) is 6.92 Å². The maximum atomic E-state index is 12.5. The van der Waals surface area contributed by atoms with Crippen molar-refractivity contribution in [1.29, 1.82) is 0 Å². The summed E-state index contributed by atoms with van der Waals surface area (Å²) in [6.07, 6.45) is 1.53. The minimum atomic E-state index is -0.300. The van der Waals surface area contributed by atoms with Gasteiger partial charge in [-0.15, -0.1) is 11.3 Å². The minimum Gasteiger partial charge on any atom is -0.486 e. The molecule has 128 valence electrons. The van der Waals surface area contributed by atoms with Crippen molar-refractivity contribution in [3.05, 3.63) is 36.0 Å². The highest BCUT2D eigenvalue weighted by Gasteiger charge is 2.19. The van der Waals surface area contributed by atoms with Crippen molar-refractivity contribution in [3.63, 3.8) is 0 Å². The first-order valence-electron chi connectivity index (χ1n) is 7.76. The SMILES string of the molecule is C[C@@H](Sc1ncnc2sccc12)C(=O)Nc1ccc2c(c1)OCCO2. The molecule has 0 aliphatic carbocycles. The molecule has 1 aliphatic rings. The van der Waals surface area contributed by atoms with E-state index >= 15 is 0 Å². The highest BCUT2D eigenvalue weighted by atomic mass is 32.2. The Morgan fingerprint density at radius 2 is 2.08 bits per heavy atom. The van der Waals surface area contributed by atoms with Crippen LogP contribution >= 0.6 is 23.1 Å². The average molecular weight is 373 g/mol. The number of anilines is 1. The molecule has 0 spiro atoms. The number of thiophene rings is 1. The van der Waals surface area contributed by atoms with Gasteiger partial charge in [0.25, 0.3) is 0 Å². The lowest BCUT2D eigenvalue weighted by Gasteiger charge is -2.19. The van der Waals surface area contributed by atoms with E-state index in [4.69, 9.17) is 9.47 Å². The average Bonchev–Trinajstić information content (AvgIpc) is 3.11. The number of aromatic nitrogens is 2. The van der Waals surface area contributed by atoms with E-state index in [1.54, 1.807) is 23.5 Å². The summed E-state index contributed by atoms with van der Waals surface area (Å²) in [7, 11) is 0. The van der Waals surface area contributed by atoms with E-state index in [-0.39, 0.29) is 11.2 Å². The Kier molecular flexibility index (Phi) is 4.46. The lowest BCUT2D eigenvalue weighted by Crippen LogP contribution is -2.23. The van der Waals surface area contributed by atoms with E-state index in [9.17, 15) is 4.79 Å². The number of hydrogen-bond donors (Lipinski definition) is 1. The molecule has 0 radical (unpaired) electrons. The number of fused-ring (bicyclic) bond motifs is 2. The van der Waals surface area contributed by atoms with Gasteiger partial charge in [0.1, 0.15) is 29.4 Å². The molecular formula is C17H15N3O3S2. The van der Waals surface area contributed by atoms with Crippen LogP contribution in [0.15, 0.2) is 41.0 Å². The van der Waals surface area contributed by atoms with Gasteiger partial charge in [-0.05, 0) is 30.5 Å². The van der Waals surface area contributed by atoms with E-state index in [0.29, 0.717) is 30.4 Å². The van der Waals surface area contributed by atoms with Crippen LogP contribution in [0, 0.1) is 0 Å². The number of thioether (sulfide) groups is 1. The number of ether oxygens (including phenoxy) is 2. The van der Waals surface area contributed by atoms with Gasteiger partial charge in [0.15, 0.2) is 11.5 Å². The lowest BCUT2D eigenvalue weighted by molar-refractivity contribution is -0.115. The topological polar surface area (TPSA) is 73.3 Å². The van der Waals surface area contributed by atoms with Crippen LogP contribution in [0.5, 0.6) is 11.5 Å². The largest absolute Gasteiger partial charge is 0.486 e. The predicted molar refractivity (Wildman–Crippen MR) is 98.8 cm³/mol. The molecule has 2 aromatic heterocycles. The van der Waals surface area contributed by atoms with Crippen LogP contribution in [0.25, 0.3) is 10.2 Å². The Balaban J connectivity index is 1.46. The number of carbonyl (C=O) groups excluding carboxylic acids is 1. The molecule has 4 rings (SSSR count). The van der Waals surface area contributed by atoms with Gasteiger partial charge in [-0.25, -0.2) is 9.97 Å². The summed E-state index contributed by atoms with van der Waals surface area (Å²) in [6, 6.07) is 7.38. The minimum absolute atomic E-state index is 0.0938. The first kappa shape index (κ1) is 16.2. The highest BCUT2D eigenvalue weighted by Crippen LogP contribution is 2.34. The van der Waals surface area contributed by atoms with Crippen LogP contribution in [0.3, 0.4) is 0 Å². The van der Waals surface area contributed by atoms with E-state index in [1.807, 2.05) is 24.4 Å². The Morgan fingerprint density at radius 1 is 1.24 bits per heavy atom. The molecule has 0 saturated carbocycles. The van der Waals surface area contributed by atoms with Gasteiger partial charge < -0.3 is 14.8 Å². The fourth-order valence-corrected chi connectivity index (χ4v) is 4.15. The van der Waals surface area contributed by atoms with Gasteiger partial charge >= 0.3 is 0 Å². The Bertz CT molecular complexity index is 928. The molecular weight excluding hydrogens is 358 g/mol. The highest BCUT2D eigenvalue weighted by molar-refractivity contribution is 8.00. The summed E-state index contributed by atoms with van der Waals surface area (Å²) in [5, 5.41) is 6.39. The van der Waals surface area contributed by atoms with Gasteiger partial charge in [0.2, 0.25) is 5.91 Å². The second-order valence-corrected chi connectivity index (χ2v) is 7.65. The summed E-state index contributed by atoms with van der Waals surface area (Å²) < 4.78 is 11.0. The van der Waals surface area contributed by atoms with Crippen molar-refractivity contribution in [2.75, 3.05) is 18.5 Å². The van der Waals surface area contributed by atoms with E-state index < -0.39 is 0 Å². The van der Waals surface area contributed by atoms with Crippen LogP contribution < -0.4 is 14.8 Å². The third-order valence-corrected chi connectivity index (χ3v) is 5.63. The van der Waals surface area contributed by atoms with Gasteiger partial charge in [-0.2, -0.15) is 0 Å². The number of nitrogens with one attached hydrogen (secondary N) is 1. The zero-order chi connectivity index (χ0) is 17.2. The fraction of sp³-hybridized carbons (Fsp3) is 0.235. The van der Waals surface area contributed by atoms with Crippen molar-refractivity contribution in [2.24, 2.45) is 0 Å². The molecule has 3 aromatic rings. The van der Waals surface area contributed by atoms with Gasteiger partial charge in [0, 0.05) is 17.1 Å². The molecule has 1 aliphatic heterocycles. The van der Waals surface area contributed by atoms with Crippen molar-refractivity contribution < 1.29 is 14.3 Å². The summed E-state index contributed by atoms with van der Waals surface area (Å²) in [5.41, 5.74) is 0.685. The molecule has 1 N–H and O–H groups in total. The lowest BCUT2D eigenvalue weighted by atomic mass is 10.2. The fourth-order valence-electron chi connectivity index (χ4n) is 2.45. The number of amides is 1. The number of hydrogen-bond acceptors (Lipinski definition) is 7. The number of benzene rings is 1. The van der Waals surface area contributed by atoms with E-state index in [2.05, 4.69) is 15.3 Å². The summed E-state index contributed by atoms with van der Waals surface area (Å²) >= 11 is 2.98. The Labute approximate surface area is 152 Å². The van der Waals surface area contributed by atoms with E-state index in [1.165, 1.54) is 18.1 Å². The smallest absolute Gasteiger partial charge is 0.237 e. The third-order valence-electron chi connectivity index (χ3n) is 3.69. The van der Waals surface area contributed by atoms with Crippen molar-refractivity contribution in [2.45, 2.75) is 17.2 Å². The standard InChI is InChI=1S/C17H15N3O3S2/c1-10(25-17-12-4-7-24-16(12)18-9-19-17)15(21)20-11-2-3-13-14(8-11)23-6-5-22-13/h2-4,7-10H,5-6H2,1H3,(H,20,21)/t10-/m1/s1. The number of nitrogens with zero attached hydrogens (tertiary/aromatic N) is 2. The molecule has 0 unspecified atom stereocenters. The molecule has 0 fully saturated rings. The second-order valence-electron chi connectivity index (χ2n) is 5.43. The van der Waals surface area contributed by atoms with Gasteiger partial charge in [0.05, 0.1) is 5.25 Å². The first-order valence-corrected chi connectivity index (χ1v) is 9.52. The molecule has 0 saturated heterocycles. The summed E-state index contributed by atoms with van der Waals surface area (Å²) in [5.74, 6) is 1.26. The van der Waals surface area contributed by atoms with E-state index in [0.717, 1.165) is 15.2 Å². The van der Waals surface area contributed by atoms with Crippen molar-refractivity contribution in [3.8, 4) is 11.5 Å². The van der Waals surface area contributed by atoms with Gasteiger partial charge in [-0.1, -0.05) is 11.8 Å². The second kappa shape index (κ2) is 6.89. The van der Waals surface area contributed by atoms with Crippen LogP contribution in [0.2, 0.25) is 0 Å². The molecule has 6 nitrogen and oxygen atoms in total. The molecule has 8 heteroatoms. The molecule has 1 aromatic carbocycles. The molecule has 0 bridgehead atoms. The molecule has 25 heavy (non-hydrogen) atoms. The normalized spacial score (nSPS) is 14.3. The maximum Gasteiger partial charge on any atom is 0.237 e. The number of rotatable bonds is 4. The molecule has 1 amide bonds. The maximum absolute atomic E-state index is 12.5. The van der Waals surface area contributed by atoms with Gasteiger partial charge in [-0.3, -0.25) is 4.79 Å². The third kappa shape index (κ3) is 3.40. The Hall–Kier alpha value is -2.32.